The van der Waals surface area contributed by atoms with Crippen LogP contribution in [0.15, 0.2) is 33.5 Å². The largest absolute Gasteiger partial charge is 0.342 e. The molecule has 0 bridgehead atoms. The number of hydrogen-bond acceptors (Lipinski definition) is 6. The molecule has 136 valence electrons. The number of aromatic amines is 1. The molecule has 1 fully saturated rings. The number of fused-ring (bicyclic) bond motifs is 1. The summed E-state index contributed by atoms with van der Waals surface area (Å²) >= 11 is 2.87. The number of aromatic nitrogens is 4. The Morgan fingerprint density at radius 1 is 1.42 bits per heavy atom. The van der Waals surface area contributed by atoms with Crippen molar-refractivity contribution < 1.29 is 4.79 Å². The van der Waals surface area contributed by atoms with Gasteiger partial charge >= 0.3 is 0 Å². The zero-order valence-corrected chi connectivity index (χ0v) is 16.0. The van der Waals surface area contributed by atoms with Gasteiger partial charge in [0.15, 0.2) is 0 Å². The van der Waals surface area contributed by atoms with E-state index >= 15 is 0 Å². The minimum atomic E-state index is -0.291. The molecule has 1 saturated heterocycles. The Hall–Kier alpha value is -2.13. The maximum Gasteiger partial charge on any atom is 0.290 e. The lowest BCUT2D eigenvalue weighted by Gasteiger charge is -2.30. The highest BCUT2D eigenvalue weighted by Gasteiger charge is 2.21. The number of piperidine rings is 1. The lowest BCUT2D eigenvalue weighted by atomic mass is 9.99. The van der Waals surface area contributed by atoms with Crippen LogP contribution < -0.4 is 5.56 Å². The second-order valence-corrected chi connectivity index (χ2v) is 8.38. The molecule has 0 saturated carbocycles. The van der Waals surface area contributed by atoms with E-state index in [1.807, 2.05) is 22.4 Å². The van der Waals surface area contributed by atoms with Gasteiger partial charge in [-0.05, 0) is 36.3 Å². The van der Waals surface area contributed by atoms with E-state index in [-0.39, 0.29) is 17.2 Å². The summed E-state index contributed by atoms with van der Waals surface area (Å²) in [6.45, 7) is 3.86. The van der Waals surface area contributed by atoms with Gasteiger partial charge < -0.3 is 4.90 Å². The molecule has 3 aromatic rings. The van der Waals surface area contributed by atoms with Crippen LogP contribution in [-0.2, 0) is 4.79 Å². The highest BCUT2D eigenvalue weighted by Crippen LogP contribution is 2.25. The van der Waals surface area contributed by atoms with E-state index < -0.39 is 0 Å². The van der Waals surface area contributed by atoms with Crippen LogP contribution in [0.3, 0.4) is 0 Å². The third-order valence-corrected chi connectivity index (χ3v) is 6.42. The lowest BCUT2D eigenvalue weighted by molar-refractivity contribution is -0.129. The molecule has 4 rings (SSSR count). The smallest absolute Gasteiger partial charge is 0.290 e. The first-order valence-electron chi connectivity index (χ1n) is 8.55. The standard InChI is InChI=1S/C17H19N5O2S2/c1-11-4-6-21(7-5-11)15(23)10-26-17-19-18-16(24)13-9-12(20-22(13)17)14-3-2-8-25-14/h2-3,8-9,11H,4-7,10H2,1H3,(H,18,24). The number of hydrogen-bond donors (Lipinski definition) is 1. The summed E-state index contributed by atoms with van der Waals surface area (Å²) in [5.41, 5.74) is 0.878. The third kappa shape index (κ3) is 3.41. The molecule has 1 amide bonds. The van der Waals surface area contributed by atoms with Crippen LogP contribution >= 0.6 is 23.1 Å². The molecule has 7 nitrogen and oxygen atoms in total. The minimum Gasteiger partial charge on any atom is -0.342 e. The molecular formula is C17H19N5O2S2. The predicted molar refractivity (Wildman–Crippen MR) is 103 cm³/mol. The van der Waals surface area contributed by atoms with Crippen molar-refractivity contribution in [3.05, 3.63) is 33.9 Å². The highest BCUT2D eigenvalue weighted by molar-refractivity contribution is 7.99. The van der Waals surface area contributed by atoms with Crippen LogP contribution in [-0.4, -0.2) is 49.5 Å². The predicted octanol–water partition coefficient (Wildman–Crippen LogP) is 2.50. The molecule has 0 aliphatic carbocycles. The maximum atomic E-state index is 12.5. The molecule has 0 spiro atoms. The quantitative estimate of drug-likeness (QED) is 0.693. The van der Waals surface area contributed by atoms with Crippen molar-refractivity contribution in [2.75, 3.05) is 18.8 Å². The molecule has 0 radical (unpaired) electrons. The second-order valence-electron chi connectivity index (χ2n) is 6.49. The van der Waals surface area contributed by atoms with Gasteiger partial charge in [0.05, 0.1) is 10.6 Å². The number of nitrogens with zero attached hydrogens (tertiary/aromatic N) is 4. The Bertz CT molecular complexity index is 971. The van der Waals surface area contributed by atoms with Crippen molar-refractivity contribution in [3.63, 3.8) is 0 Å². The summed E-state index contributed by atoms with van der Waals surface area (Å²) < 4.78 is 1.53. The van der Waals surface area contributed by atoms with Crippen LogP contribution in [0.1, 0.15) is 19.8 Å². The molecule has 1 aliphatic rings. The minimum absolute atomic E-state index is 0.105. The monoisotopic (exact) mass is 389 g/mol. The topological polar surface area (TPSA) is 83.4 Å². The summed E-state index contributed by atoms with van der Waals surface area (Å²) in [5.74, 6) is 1.08. The van der Waals surface area contributed by atoms with Gasteiger partial charge in [0.2, 0.25) is 11.1 Å². The van der Waals surface area contributed by atoms with Gasteiger partial charge in [0.1, 0.15) is 11.2 Å². The number of H-pyrrole nitrogens is 1. The number of rotatable bonds is 4. The SMILES string of the molecule is CC1CCN(C(=O)CSc2n[nH]c(=O)c3cc(-c4cccs4)nn23)CC1. The molecule has 4 heterocycles. The lowest BCUT2D eigenvalue weighted by Crippen LogP contribution is -2.39. The van der Waals surface area contributed by atoms with Crippen LogP contribution in [0.5, 0.6) is 0 Å². The van der Waals surface area contributed by atoms with E-state index in [0.717, 1.165) is 36.5 Å². The molecule has 1 N–H and O–H groups in total. The van der Waals surface area contributed by atoms with Gasteiger partial charge in [0.25, 0.3) is 5.56 Å². The molecule has 0 atom stereocenters. The first-order chi connectivity index (χ1) is 12.6. The molecule has 26 heavy (non-hydrogen) atoms. The van der Waals surface area contributed by atoms with E-state index in [0.29, 0.717) is 16.6 Å². The Labute approximate surface area is 158 Å². The van der Waals surface area contributed by atoms with Crippen LogP contribution in [0.4, 0.5) is 0 Å². The van der Waals surface area contributed by atoms with Crippen molar-refractivity contribution >= 4 is 34.5 Å². The van der Waals surface area contributed by atoms with Crippen molar-refractivity contribution in [1.82, 2.24) is 24.7 Å². The number of carbonyl (C=O) groups is 1. The summed E-state index contributed by atoms with van der Waals surface area (Å²) in [4.78, 5) is 27.4. The van der Waals surface area contributed by atoms with Crippen molar-refractivity contribution in [3.8, 4) is 10.6 Å². The van der Waals surface area contributed by atoms with E-state index in [1.54, 1.807) is 17.4 Å². The van der Waals surface area contributed by atoms with Crippen LogP contribution in [0.2, 0.25) is 0 Å². The van der Waals surface area contributed by atoms with E-state index in [9.17, 15) is 9.59 Å². The van der Waals surface area contributed by atoms with Crippen LogP contribution in [0.25, 0.3) is 16.1 Å². The number of thioether (sulfide) groups is 1. The average Bonchev–Trinajstić information content (AvgIpc) is 3.31. The Morgan fingerprint density at radius 2 is 2.23 bits per heavy atom. The summed E-state index contributed by atoms with van der Waals surface area (Å²) in [6.07, 6.45) is 2.11. The molecule has 3 aromatic heterocycles. The fourth-order valence-corrected chi connectivity index (χ4v) is 4.49. The number of nitrogens with one attached hydrogen (secondary N) is 1. The molecule has 0 aromatic carbocycles. The van der Waals surface area contributed by atoms with E-state index in [2.05, 4.69) is 22.2 Å². The molecule has 0 unspecified atom stereocenters. The van der Waals surface area contributed by atoms with Gasteiger partial charge in [-0.1, -0.05) is 24.8 Å². The second kappa shape index (κ2) is 7.24. The van der Waals surface area contributed by atoms with Gasteiger partial charge in [-0.15, -0.1) is 16.4 Å². The molecule has 1 aliphatic heterocycles. The Balaban J connectivity index is 1.54. The highest BCUT2D eigenvalue weighted by atomic mass is 32.2. The normalized spacial score (nSPS) is 15.7. The zero-order valence-electron chi connectivity index (χ0n) is 14.3. The van der Waals surface area contributed by atoms with Gasteiger partial charge in [-0.2, -0.15) is 5.10 Å². The summed E-state index contributed by atoms with van der Waals surface area (Å²) in [6, 6.07) is 5.66. The fourth-order valence-electron chi connectivity index (χ4n) is 3.01. The summed E-state index contributed by atoms with van der Waals surface area (Å²) in [5, 5.41) is 13.6. The third-order valence-electron chi connectivity index (χ3n) is 4.61. The average molecular weight is 390 g/mol. The number of likely N-dealkylation sites (tertiary alicyclic amines) is 1. The van der Waals surface area contributed by atoms with Gasteiger partial charge in [-0.25, -0.2) is 9.61 Å². The van der Waals surface area contributed by atoms with Crippen LogP contribution in [0, 0.1) is 5.92 Å². The summed E-state index contributed by atoms with van der Waals surface area (Å²) in [7, 11) is 0. The van der Waals surface area contributed by atoms with Gasteiger partial charge in [-0.3, -0.25) is 9.59 Å². The Kier molecular flexibility index (Phi) is 4.82. The number of amides is 1. The fraction of sp³-hybridized carbons (Fsp3) is 0.412. The van der Waals surface area contributed by atoms with Crippen molar-refractivity contribution in [1.29, 1.82) is 0 Å². The maximum absolute atomic E-state index is 12.5. The molecular weight excluding hydrogens is 370 g/mol. The first-order valence-corrected chi connectivity index (χ1v) is 10.4. The van der Waals surface area contributed by atoms with Crippen molar-refractivity contribution in [2.45, 2.75) is 24.9 Å². The van der Waals surface area contributed by atoms with E-state index in [1.165, 1.54) is 16.3 Å². The van der Waals surface area contributed by atoms with E-state index in [4.69, 9.17) is 0 Å². The van der Waals surface area contributed by atoms with Crippen molar-refractivity contribution in [2.24, 2.45) is 5.92 Å². The van der Waals surface area contributed by atoms with Gasteiger partial charge in [0, 0.05) is 13.1 Å². The Morgan fingerprint density at radius 3 is 2.96 bits per heavy atom. The number of thiophene rings is 1. The number of carbonyl (C=O) groups excluding carboxylic acids is 1. The molecule has 9 heteroatoms. The zero-order chi connectivity index (χ0) is 18.1. The first kappa shape index (κ1) is 17.3.